The molecule has 7 heteroatoms. The van der Waals surface area contributed by atoms with Crippen LogP contribution in [-0.2, 0) is 22.6 Å². The Kier molecular flexibility index (Phi) is 10.1. The number of carbonyl (C=O) groups is 2. The van der Waals surface area contributed by atoms with Crippen LogP contribution in [0.15, 0.2) is 78.9 Å². The minimum absolute atomic E-state index is 0.0475. The fourth-order valence-corrected chi connectivity index (χ4v) is 3.91. The average Bonchev–Trinajstić information content (AvgIpc) is 2.85. The van der Waals surface area contributed by atoms with Crippen LogP contribution in [0.5, 0.6) is 5.75 Å². The Bertz CT molecular complexity index is 1110. The molecule has 3 aromatic carbocycles. The fraction of sp³-hybridized carbons (Fsp3) is 0.286. The highest BCUT2D eigenvalue weighted by Gasteiger charge is 2.31. The normalized spacial score (nSPS) is 11.7. The molecule has 184 valence electrons. The zero-order valence-corrected chi connectivity index (χ0v) is 22.1. The van der Waals surface area contributed by atoms with E-state index in [4.69, 9.17) is 4.74 Å². The minimum Gasteiger partial charge on any atom is -0.484 e. The predicted octanol–water partition coefficient (Wildman–Crippen LogP) is 5.22. The molecule has 0 aliphatic heterocycles. The van der Waals surface area contributed by atoms with Gasteiger partial charge in [-0.2, -0.15) is 0 Å². The van der Waals surface area contributed by atoms with Crippen molar-refractivity contribution in [1.82, 2.24) is 10.2 Å². The van der Waals surface area contributed by atoms with Gasteiger partial charge in [0.25, 0.3) is 5.91 Å². The van der Waals surface area contributed by atoms with E-state index in [2.05, 4.69) is 27.9 Å². The number of amides is 2. The SMILES string of the molecule is CC(C)CNC(=O)[C@@H](Cc1ccccc1)N(Cc1ccccc1F)C(=O)COc1ccc(I)cc1. The van der Waals surface area contributed by atoms with E-state index in [0.29, 0.717) is 24.3 Å². The van der Waals surface area contributed by atoms with Gasteiger partial charge >= 0.3 is 0 Å². The van der Waals surface area contributed by atoms with Crippen molar-refractivity contribution in [2.45, 2.75) is 32.9 Å². The van der Waals surface area contributed by atoms with Crippen molar-refractivity contribution in [3.05, 3.63) is 99.4 Å². The molecule has 5 nitrogen and oxygen atoms in total. The van der Waals surface area contributed by atoms with E-state index in [0.717, 1.165) is 9.13 Å². The van der Waals surface area contributed by atoms with Crippen LogP contribution in [0.4, 0.5) is 4.39 Å². The second-order valence-corrected chi connectivity index (χ2v) is 9.95. The van der Waals surface area contributed by atoms with E-state index in [1.807, 2.05) is 56.3 Å². The molecule has 0 bridgehead atoms. The third-order valence-corrected chi connectivity index (χ3v) is 6.15. The lowest BCUT2D eigenvalue weighted by Crippen LogP contribution is -2.52. The van der Waals surface area contributed by atoms with Gasteiger partial charge in [-0.05, 0) is 64.4 Å². The molecule has 0 unspecified atom stereocenters. The summed E-state index contributed by atoms with van der Waals surface area (Å²) in [7, 11) is 0. The van der Waals surface area contributed by atoms with Crippen LogP contribution < -0.4 is 10.1 Å². The zero-order valence-electron chi connectivity index (χ0n) is 19.9. The topological polar surface area (TPSA) is 58.6 Å². The maximum atomic E-state index is 14.6. The highest BCUT2D eigenvalue weighted by Crippen LogP contribution is 2.18. The molecule has 1 atom stereocenters. The molecule has 0 fully saturated rings. The van der Waals surface area contributed by atoms with Crippen molar-refractivity contribution in [3.63, 3.8) is 0 Å². The third kappa shape index (κ3) is 8.35. The first-order chi connectivity index (χ1) is 16.8. The Labute approximate surface area is 219 Å². The zero-order chi connectivity index (χ0) is 25.2. The molecule has 35 heavy (non-hydrogen) atoms. The highest BCUT2D eigenvalue weighted by atomic mass is 127. The number of ether oxygens (including phenoxy) is 1. The van der Waals surface area contributed by atoms with Gasteiger partial charge in [0, 0.05) is 28.6 Å². The summed E-state index contributed by atoms with van der Waals surface area (Å²) in [5.74, 6) is -0.302. The van der Waals surface area contributed by atoms with E-state index >= 15 is 0 Å². The van der Waals surface area contributed by atoms with Gasteiger partial charge in [0.1, 0.15) is 17.6 Å². The summed E-state index contributed by atoms with van der Waals surface area (Å²) in [5, 5.41) is 2.95. The van der Waals surface area contributed by atoms with Crippen LogP contribution in [0.3, 0.4) is 0 Å². The largest absolute Gasteiger partial charge is 0.484 e. The Morgan fingerprint density at radius 2 is 1.63 bits per heavy atom. The summed E-state index contributed by atoms with van der Waals surface area (Å²) in [6, 6.07) is 22.3. The number of rotatable bonds is 11. The average molecular weight is 588 g/mol. The van der Waals surface area contributed by atoms with Crippen LogP contribution in [0, 0.1) is 15.3 Å². The minimum atomic E-state index is -0.830. The summed E-state index contributed by atoms with van der Waals surface area (Å²) in [6.07, 6.45) is 0.300. The molecule has 0 heterocycles. The van der Waals surface area contributed by atoms with E-state index in [1.54, 1.807) is 30.3 Å². The number of hydrogen-bond acceptors (Lipinski definition) is 3. The maximum absolute atomic E-state index is 14.6. The molecule has 3 rings (SSSR count). The summed E-state index contributed by atoms with van der Waals surface area (Å²) in [6.45, 7) is 4.17. The number of hydrogen-bond donors (Lipinski definition) is 1. The molecule has 0 aromatic heterocycles. The Morgan fingerprint density at radius 1 is 0.971 bits per heavy atom. The molecule has 0 aliphatic rings. The Hall–Kier alpha value is -2.94. The molecule has 3 aromatic rings. The van der Waals surface area contributed by atoms with Gasteiger partial charge in [-0.15, -0.1) is 0 Å². The van der Waals surface area contributed by atoms with Gasteiger partial charge in [0.15, 0.2) is 6.61 Å². The quantitative estimate of drug-likeness (QED) is 0.313. The first-order valence-corrected chi connectivity index (χ1v) is 12.6. The molecule has 0 radical (unpaired) electrons. The Balaban J connectivity index is 1.90. The molecule has 0 saturated heterocycles. The van der Waals surface area contributed by atoms with Crippen LogP contribution in [-0.4, -0.2) is 35.9 Å². The summed E-state index contributed by atoms with van der Waals surface area (Å²) >= 11 is 2.19. The summed E-state index contributed by atoms with van der Waals surface area (Å²) in [5.41, 5.74) is 1.24. The maximum Gasteiger partial charge on any atom is 0.261 e. The molecular formula is C28H30FIN2O3. The lowest BCUT2D eigenvalue weighted by Gasteiger charge is -2.31. The van der Waals surface area contributed by atoms with E-state index in [-0.39, 0.29) is 25.0 Å². The van der Waals surface area contributed by atoms with Crippen molar-refractivity contribution < 1.29 is 18.7 Å². The number of carbonyl (C=O) groups excluding carboxylic acids is 2. The number of nitrogens with one attached hydrogen (secondary N) is 1. The smallest absolute Gasteiger partial charge is 0.261 e. The third-order valence-electron chi connectivity index (χ3n) is 5.43. The summed E-state index contributed by atoms with van der Waals surface area (Å²) in [4.78, 5) is 28.2. The molecule has 0 saturated carbocycles. The van der Waals surface area contributed by atoms with Gasteiger partial charge in [-0.1, -0.05) is 62.4 Å². The van der Waals surface area contributed by atoms with Gasteiger partial charge < -0.3 is 15.0 Å². The number of nitrogens with zero attached hydrogens (tertiary/aromatic N) is 1. The van der Waals surface area contributed by atoms with Crippen LogP contribution in [0.2, 0.25) is 0 Å². The lowest BCUT2D eigenvalue weighted by molar-refractivity contribution is -0.142. The standard InChI is InChI=1S/C28H30FIN2O3/c1-20(2)17-31-28(34)26(16-21-8-4-3-5-9-21)32(18-22-10-6-7-11-25(22)29)27(33)19-35-24-14-12-23(30)13-15-24/h3-15,20,26H,16-19H2,1-2H3,(H,31,34)/t26-/m1/s1. The first kappa shape index (κ1) is 26.7. The first-order valence-electron chi connectivity index (χ1n) is 11.6. The summed E-state index contributed by atoms with van der Waals surface area (Å²) < 4.78 is 21.4. The molecule has 1 N–H and O–H groups in total. The fourth-order valence-electron chi connectivity index (χ4n) is 3.55. The number of halogens is 2. The van der Waals surface area contributed by atoms with Crippen molar-refractivity contribution >= 4 is 34.4 Å². The second kappa shape index (κ2) is 13.2. The van der Waals surface area contributed by atoms with Crippen LogP contribution >= 0.6 is 22.6 Å². The van der Waals surface area contributed by atoms with Crippen molar-refractivity contribution in [3.8, 4) is 5.75 Å². The molecular weight excluding hydrogens is 558 g/mol. The van der Waals surface area contributed by atoms with E-state index in [1.165, 1.54) is 11.0 Å². The predicted molar refractivity (Wildman–Crippen MR) is 143 cm³/mol. The molecule has 0 spiro atoms. The van der Waals surface area contributed by atoms with E-state index < -0.39 is 17.8 Å². The highest BCUT2D eigenvalue weighted by molar-refractivity contribution is 14.1. The molecule has 0 aliphatic carbocycles. The van der Waals surface area contributed by atoms with Crippen LogP contribution in [0.1, 0.15) is 25.0 Å². The Morgan fingerprint density at radius 3 is 2.29 bits per heavy atom. The second-order valence-electron chi connectivity index (χ2n) is 8.70. The van der Waals surface area contributed by atoms with Crippen LogP contribution in [0.25, 0.3) is 0 Å². The van der Waals surface area contributed by atoms with Crippen molar-refractivity contribution in [2.24, 2.45) is 5.92 Å². The number of benzene rings is 3. The molecule has 2 amide bonds. The van der Waals surface area contributed by atoms with Crippen molar-refractivity contribution in [1.29, 1.82) is 0 Å². The van der Waals surface area contributed by atoms with Crippen molar-refractivity contribution in [2.75, 3.05) is 13.2 Å². The van der Waals surface area contributed by atoms with Gasteiger partial charge in [-0.3, -0.25) is 9.59 Å². The monoisotopic (exact) mass is 588 g/mol. The van der Waals surface area contributed by atoms with Gasteiger partial charge in [0.2, 0.25) is 5.91 Å². The lowest BCUT2D eigenvalue weighted by atomic mass is 10.0. The van der Waals surface area contributed by atoms with Gasteiger partial charge in [-0.25, -0.2) is 4.39 Å². The van der Waals surface area contributed by atoms with E-state index in [9.17, 15) is 14.0 Å². The van der Waals surface area contributed by atoms with Gasteiger partial charge in [0.05, 0.1) is 0 Å².